The van der Waals surface area contributed by atoms with Gasteiger partial charge in [-0.3, -0.25) is 9.20 Å². The number of rotatable bonds is 5. The highest BCUT2D eigenvalue weighted by molar-refractivity contribution is 6.06. The lowest BCUT2D eigenvalue weighted by Gasteiger charge is -2.28. The minimum absolute atomic E-state index is 0.0334. The molecule has 0 bridgehead atoms. The number of ether oxygens (including phenoxy) is 1. The molecule has 2 aliphatic rings. The molecule has 9 heteroatoms. The number of carbonyl (C=O) groups is 1. The number of pyridine rings is 2. The number of anilines is 3. The largest absolute Gasteiger partial charge is 0.392 e. The van der Waals surface area contributed by atoms with Crippen molar-refractivity contribution in [1.29, 1.82) is 0 Å². The van der Waals surface area contributed by atoms with Crippen LogP contribution in [0.1, 0.15) is 21.5 Å². The highest BCUT2D eigenvalue weighted by Gasteiger charge is 2.27. The number of benzene rings is 1. The smallest absolute Gasteiger partial charge is 0.254 e. The zero-order chi connectivity index (χ0) is 23.1. The van der Waals surface area contributed by atoms with Gasteiger partial charge in [0.1, 0.15) is 11.5 Å². The molecule has 9 nitrogen and oxygen atoms in total. The minimum Gasteiger partial charge on any atom is -0.392 e. The molecule has 5 heterocycles. The van der Waals surface area contributed by atoms with Crippen molar-refractivity contribution in [3.05, 3.63) is 71.7 Å². The maximum absolute atomic E-state index is 12.8. The molecule has 4 aromatic rings. The first-order valence-corrected chi connectivity index (χ1v) is 11.3. The standard InChI is InChI=1S/C25H24N6O3/c32-15-16-5-6-31-21(14-27-23(31)11-16)18-2-3-20(24-19(18)13-28-25(24)33)29-22-4-1-17(12-26-22)30-7-9-34-10-8-30/h1-6,11-12,14,32H,7-10,13,15H2,(H,26,29)(H,28,33). The second-order valence-corrected chi connectivity index (χ2v) is 8.39. The van der Waals surface area contributed by atoms with Gasteiger partial charge in [-0.15, -0.1) is 0 Å². The summed E-state index contributed by atoms with van der Waals surface area (Å²) in [6.45, 7) is 3.58. The van der Waals surface area contributed by atoms with E-state index >= 15 is 0 Å². The summed E-state index contributed by atoms with van der Waals surface area (Å²) >= 11 is 0. The zero-order valence-electron chi connectivity index (χ0n) is 18.5. The molecule has 0 saturated carbocycles. The van der Waals surface area contributed by atoms with Crippen LogP contribution in [-0.4, -0.2) is 51.7 Å². The topological polar surface area (TPSA) is 104 Å². The van der Waals surface area contributed by atoms with Gasteiger partial charge in [0.15, 0.2) is 0 Å². The lowest BCUT2D eigenvalue weighted by atomic mass is 9.99. The van der Waals surface area contributed by atoms with Crippen LogP contribution >= 0.6 is 0 Å². The van der Waals surface area contributed by atoms with Crippen molar-refractivity contribution in [3.63, 3.8) is 0 Å². The van der Waals surface area contributed by atoms with E-state index in [4.69, 9.17) is 4.74 Å². The van der Waals surface area contributed by atoms with Crippen molar-refractivity contribution in [3.8, 4) is 11.3 Å². The van der Waals surface area contributed by atoms with E-state index < -0.39 is 0 Å². The Morgan fingerprint density at radius 1 is 1.09 bits per heavy atom. The molecular weight excluding hydrogens is 432 g/mol. The van der Waals surface area contributed by atoms with Gasteiger partial charge in [-0.1, -0.05) is 6.07 Å². The molecule has 172 valence electrons. The van der Waals surface area contributed by atoms with Gasteiger partial charge in [0.2, 0.25) is 0 Å². The molecular formula is C25H24N6O3. The molecule has 1 aromatic carbocycles. The summed E-state index contributed by atoms with van der Waals surface area (Å²) in [7, 11) is 0. The SMILES string of the molecule is O=C1NCc2c(-c3cnc4cc(CO)ccn34)ccc(Nc3ccc(N4CCOCC4)cn3)c21. The van der Waals surface area contributed by atoms with Gasteiger partial charge in [0, 0.05) is 31.4 Å². The van der Waals surface area contributed by atoms with E-state index in [0.717, 1.165) is 65.7 Å². The van der Waals surface area contributed by atoms with Gasteiger partial charge in [0.25, 0.3) is 5.91 Å². The van der Waals surface area contributed by atoms with Gasteiger partial charge >= 0.3 is 0 Å². The van der Waals surface area contributed by atoms with E-state index in [1.54, 1.807) is 6.20 Å². The van der Waals surface area contributed by atoms with Crippen LogP contribution in [0.3, 0.4) is 0 Å². The monoisotopic (exact) mass is 456 g/mol. The highest BCUT2D eigenvalue weighted by atomic mass is 16.5. The second-order valence-electron chi connectivity index (χ2n) is 8.39. The fourth-order valence-corrected chi connectivity index (χ4v) is 4.62. The zero-order valence-corrected chi connectivity index (χ0v) is 18.5. The molecule has 0 unspecified atom stereocenters. The maximum Gasteiger partial charge on any atom is 0.254 e. The van der Waals surface area contributed by atoms with Crippen LogP contribution in [0.2, 0.25) is 0 Å². The fraction of sp³-hybridized carbons (Fsp3) is 0.240. The van der Waals surface area contributed by atoms with Crippen LogP contribution < -0.4 is 15.5 Å². The Hall–Kier alpha value is -3.95. The quantitative estimate of drug-likeness (QED) is 0.424. The Bertz CT molecular complexity index is 1380. The number of amides is 1. The average Bonchev–Trinajstić information content (AvgIpc) is 3.49. The molecule has 0 radical (unpaired) electrons. The third-order valence-corrected chi connectivity index (χ3v) is 6.39. The Balaban J connectivity index is 1.33. The molecule has 1 amide bonds. The fourth-order valence-electron chi connectivity index (χ4n) is 4.62. The summed E-state index contributed by atoms with van der Waals surface area (Å²) in [6, 6.07) is 11.6. The van der Waals surface area contributed by atoms with Gasteiger partial charge in [-0.2, -0.15) is 0 Å². The summed E-state index contributed by atoms with van der Waals surface area (Å²) in [6.07, 6.45) is 5.54. The lowest BCUT2D eigenvalue weighted by molar-refractivity contribution is 0.0966. The number of fused-ring (bicyclic) bond motifs is 2. The molecule has 1 saturated heterocycles. The first-order valence-electron chi connectivity index (χ1n) is 11.3. The highest BCUT2D eigenvalue weighted by Crippen LogP contribution is 2.35. The van der Waals surface area contributed by atoms with Crippen LogP contribution in [0.25, 0.3) is 16.9 Å². The van der Waals surface area contributed by atoms with Crippen LogP contribution in [-0.2, 0) is 17.9 Å². The van der Waals surface area contributed by atoms with E-state index in [9.17, 15) is 9.90 Å². The Kier molecular flexibility index (Phi) is 5.12. The molecule has 0 spiro atoms. The molecule has 3 N–H and O–H groups in total. The van der Waals surface area contributed by atoms with Gasteiger partial charge in [-0.05, 0) is 41.5 Å². The van der Waals surface area contributed by atoms with E-state index in [-0.39, 0.29) is 12.5 Å². The van der Waals surface area contributed by atoms with Gasteiger partial charge in [-0.25, -0.2) is 9.97 Å². The summed E-state index contributed by atoms with van der Waals surface area (Å²) in [4.78, 5) is 24.1. The molecule has 0 atom stereocenters. The third-order valence-electron chi connectivity index (χ3n) is 6.39. The van der Waals surface area contributed by atoms with E-state index in [2.05, 4.69) is 25.5 Å². The average molecular weight is 457 g/mol. The predicted octanol–water partition coefficient (Wildman–Crippen LogP) is 2.71. The molecule has 6 rings (SSSR count). The van der Waals surface area contributed by atoms with Crippen molar-refractivity contribution >= 4 is 28.7 Å². The first-order chi connectivity index (χ1) is 16.7. The third kappa shape index (κ3) is 3.55. The van der Waals surface area contributed by atoms with Crippen molar-refractivity contribution in [2.24, 2.45) is 0 Å². The number of morpholine rings is 1. The number of nitrogens with one attached hydrogen (secondary N) is 2. The number of aromatic nitrogens is 3. The van der Waals surface area contributed by atoms with Crippen LogP contribution in [0.4, 0.5) is 17.2 Å². The van der Waals surface area contributed by atoms with E-state index in [1.165, 1.54) is 0 Å². The number of hydrogen-bond acceptors (Lipinski definition) is 7. The number of imidazole rings is 1. The number of hydrogen-bond donors (Lipinski definition) is 3. The van der Waals surface area contributed by atoms with Crippen molar-refractivity contribution in [2.75, 3.05) is 36.5 Å². The predicted molar refractivity (Wildman–Crippen MR) is 128 cm³/mol. The van der Waals surface area contributed by atoms with Crippen molar-refractivity contribution in [2.45, 2.75) is 13.2 Å². The molecule has 34 heavy (non-hydrogen) atoms. The molecule has 1 fully saturated rings. The number of nitrogens with zero attached hydrogens (tertiary/aromatic N) is 4. The maximum atomic E-state index is 12.8. The number of carbonyl (C=O) groups excluding carboxylic acids is 1. The summed E-state index contributed by atoms with van der Waals surface area (Å²) < 4.78 is 7.39. The number of aliphatic hydroxyl groups excluding tert-OH is 1. The Labute approximate surface area is 196 Å². The van der Waals surface area contributed by atoms with E-state index in [1.807, 2.05) is 53.2 Å². The minimum atomic E-state index is -0.110. The van der Waals surface area contributed by atoms with Gasteiger partial charge < -0.3 is 25.4 Å². The van der Waals surface area contributed by atoms with Crippen LogP contribution in [0, 0.1) is 0 Å². The molecule has 2 aliphatic heterocycles. The van der Waals surface area contributed by atoms with Crippen LogP contribution in [0.5, 0.6) is 0 Å². The number of aliphatic hydroxyl groups is 1. The summed E-state index contributed by atoms with van der Waals surface area (Å²) in [5.41, 5.74) is 6.72. The lowest BCUT2D eigenvalue weighted by Crippen LogP contribution is -2.36. The van der Waals surface area contributed by atoms with Gasteiger partial charge in [0.05, 0.1) is 54.8 Å². The normalized spacial score (nSPS) is 15.4. The first kappa shape index (κ1) is 20.6. The van der Waals surface area contributed by atoms with Crippen molar-refractivity contribution in [1.82, 2.24) is 19.7 Å². The Morgan fingerprint density at radius 2 is 1.97 bits per heavy atom. The molecule has 0 aliphatic carbocycles. The summed E-state index contributed by atoms with van der Waals surface area (Å²) in [5.74, 6) is 0.568. The second kappa shape index (κ2) is 8.44. The molecule has 3 aromatic heterocycles. The Morgan fingerprint density at radius 3 is 2.76 bits per heavy atom. The summed E-state index contributed by atoms with van der Waals surface area (Å²) in [5, 5.41) is 15.7. The van der Waals surface area contributed by atoms with Crippen LogP contribution in [0.15, 0.2) is 55.0 Å². The van der Waals surface area contributed by atoms with E-state index in [0.29, 0.717) is 17.9 Å². The van der Waals surface area contributed by atoms with Crippen molar-refractivity contribution < 1.29 is 14.6 Å².